The number of methoxy groups -OCH3 is 1. The van der Waals surface area contributed by atoms with Gasteiger partial charge in [-0.3, -0.25) is 9.59 Å². The van der Waals surface area contributed by atoms with Crippen molar-refractivity contribution in [2.24, 2.45) is 23.7 Å². The minimum Gasteiger partial charge on any atom is -0.460 e. The van der Waals surface area contributed by atoms with Crippen LogP contribution in [0.2, 0.25) is 0 Å². The first-order valence-corrected chi connectivity index (χ1v) is 15.1. The Kier molecular flexibility index (Phi) is 11.4. The lowest BCUT2D eigenvalue weighted by atomic mass is 9.78. The third-order valence-electron chi connectivity index (χ3n) is 9.29. The fraction of sp³-hybridized carbons (Fsp3) is 0.900. The van der Waals surface area contributed by atoms with Crippen molar-refractivity contribution in [2.45, 2.75) is 135 Å². The van der Waals surface area contributed by atoms with Crippen LogP contribution in [0.5, 0.6) is 0 Å². The second-order valence-electron chi connectivity index (χ2n) is 12.5. The Hall–Kier alpha value is -1.55. The van der Waals surface area contributed by atoms with Crippen LogP contribution in [0.15, 0.2) is 0 Å². The van der Waals surface area contributed by atoms with Crippen LogP contribution < -0.4 is 0 Å². The Bertz CT molecular complexity index is 849. The van der Waals surface area contributed by atoms with E-state index in [0.29, 0.717) is 38.0 Å². The maximum Gasteiger partial charge on any atom is 0.329 e. The molecule has 3 aliphatic rings. The van der Waals surface area contributed by atoms with Crippen LogP contribution in [0.4, 0.5) is 0 Å². The van der Waals surface area contributed by atoms with E-state index >= 15 is 0 Å². The van der Waals surface area contributed by atoms with Crippen molar-refractivity contribution in [1.29, 1.82) is 0 Å². The summed E-state index contributed by atoms with van der Waals surface area (Å²) in [4.78, 5) is 41.6. The van der Waals surface area contributed by atoms with Crippen molar-refractivity contribution in [3.8, 4) is 0 Å². The van der Waals surface area contributed by atoms with E-state index in [1.54, 1.807) is 14.0 Å². The molecule has 0 aromatic heterocycles. The second kappa shape index (κ2) is 13.9. The number of amides is 1. The predicted octanol–water partition coefficient (Wildman–Crippen LogP) is 3.62. The van der Waals surface area contributed by atoms with Gasteiger partial charge in [0.2, 0.25) is 5.79 Å². The number of hydrogen-bond acceptors (Lipinski definition) is 8. The molecule has 0 radical (unpaired) electrons. The lowest BCUT2D eigenvalue weighted by molar-refractivity contribution is -0.263. The summed E-state index contributed by atoms with van der Waals surface area (Å²) < 4.78 is 17.3. The summed E-state index contributed by atoms with van der Waals surface area (Å²) in [6.45, 7) is 10.0. The average Bonchev–Trinajstić information content (AvgIpc) is 2.92. The first kappa shape index (κ1) is 32.0. The molecule has 224 valence electrons. The van der Waals surface area contributed by atoms with E-state index in [1.807, 2.05) is 20.8 Å². The van der Waals surface area contributed by atoms with Gasteiger partial charge < -0.3 is 29.3 Å². The number of carbonyl (C=O) groups is 3. The SMILES string of the molecule is CCC1CC[C@@H](C)[C@](O)(C(=O)C(=O)N2CCCC[C@H]2C(=O)O[C@@H](C(C)C)[C@H](C)C[C@@H]2CC[C@@H](O)[C@H](OC)C2)O1. The van der Waals surface area contributed by atoms with Crippen molar-refractivity contribution in [3.63, 3.8) is 0 Å². The van der Waals surface area contributed by atoms with E-state index in [0.717, 1.165) is 32.1 Å². The zero-order valence-corrected chi connectivity index (χ0v) is 24.8. The summed E-state index contributed by atoms with van der Waals surface area (Å²) in [5, 5.41) is 21.3. The van der Waals surface area contributed by atoms with E-state index in [9.17, 15) is 24.6 Å². The van der Waals surface area contributed by atoms with Crippen molar-refractivity contribution in [1.82, 2.24) is 4.90 Å². The van der Waals surface area contributed by atoms with Gasteiger partial charge >= 0.3 is 5.97 Å². The van der Waals surface area contributed by atoms with Crippen LogP contribution in [0.1, 0.15) is 98.8 Å². The number of likely N-dealkylation sites (tertiary alicyclic amines) is 1. The molecule has 2 N–H and O–H groups in total. The third kappa shape index (κ3) is 7.40. The highest BCUT2D eigenvalue weighted by Crippen LogP contribution is 2.36. The van der Waals surface area contributed by atoms with Crippen LogP contribution in [-0.4, -0.2) is 82.7 Å². The molecule has 1 unspecified atom stereocenters. The van der Waals surface area contributed by atoms with Crippen LogP contribution in [-0.2, 0) is 28.6 Å². The smallest absolute Gasteiger partial charge is 0.329 e. The summed E-state index contributed by atoms with van der Waals surface area (Å²) >= 11 is 0. The second-order valence-corrected chi connectivity index (χ2v) is 12.5. The summed E-state index contributed by atoms with van der Waals surface area (Å²) in [6, 6.07) is -0.865. The highest BCUT2D eigenvalue weighted by molar-refractivity contribution is 6.39. The molecule has 1 saturated carbocycles. The summed E-state index contributed by atoms with van der Waals surface area (Å²) in [7, 11) is 1.63. The fourth-order valence-corrected chi connectivity index (χ4v) is 6.77. The molecule has 2 heterocycles. The average molecular weight is 554 g/mol. The minimum atomic E-state index is -2.18. The third-order valence-corrected chi connectivity index (χ3v) is 9.29. The predicted molar refractivity (Wildman–Crippen MR) is 146 cm³/mol. The number of Topliss-reactive ketones (excluding diaryl/α,β-unsaturated/α-hetero) is 1. The lowest BCUT2D eigenvalue weighted by Crippen LogP contribution is -2.60. The van der Waals surface area contributed by atoms with E-state index in [1.165, 1.54) is 4.90 Å². The maximum atomic E-state index is 13.5. The molecule has 0 bridgehead atoms. The van der Waals surface area contributed by atoms with E-state index in [-0.39, 0.29) is 36.7 Å². The van der Waals surface area contributed by atoms with Crippen molar-refractivity contribution >= 4 is 17.7 Å². The summed E-state index contributed by atoms with van der Waals surface area (Å²) in [6.07, 6.45) is 5.75. The standard InChI is InChI=1S/C30H51NO8/c1-7-22-13-11-20(5)30(36,39-22)27(33)28(34)31-15-9-8-10-23(31)29(35)38-26(18(2)3)19(4)16-21-12-14-24(32)25(17-21)37-6/h18-26,32,36H,7-17H2,1-6H3/t19-,20-,21+,22?,23+,24-,25-,26+,30-/m1/s1. The molecule has 2 saturated heterocycles. The Labute approximate surface area is 233 Å². The van der Waals surface area contributed by atoms with Gasteiger partial charge in [0, 0.05) is 19.6 Å². The van der Waals surface area contributed by atoms with Crippen LogP contribution in [0.25, 0.3) is 0 Å². The van der Waals surface area contributed by atoms with Gasteiger partial charge in [-0.15, -0.1) is 0 Å². The summed E-state index contributed by atoms with van der Waals surface area (Å²) in [5.41, 5.74) is 0. The lowest BCUT2D eigenvalue weighted by Gasteiger charge is -2.42. The Morgan fingerprint density at radius 1 is 1.08 bits per heavy atom. The molecular weight excluding hydrogens is 502 g/mol. The number of hydrogen-bond donors (Lipinski definition) is 2. The largest absolute Gasteiger partial charge is 0.460 e. The molecule has 0 spiro atoms. The van der Waals surface area contributed by atoms with E-state index in [4.69, 9.17) is 14.2 Å². The molecule has 3 rings (SSSR count). The normalized spacial score (nSPS) is 35.4. The van der Waals surface area contributed by atoms with Gasteiger partial charge in [0.15, 0.2) is 0 Å². The zero-order chi connectivity index (χ0) is 28.9. The first-order valence-electron chi connectivity index (χ1n) is 15.1. The zero-order valence-electron chi connectivity index (χ0n) is 24.8. The van der Waals surface area contributed by atoms with Crippen molar-refractivity contribution in [2.75, 3.05) is 13.7 Å². The van der Waals surface area contributed by atoms with Crippen molar-refractivity contribution < 1.29 is 38.8 Å². The highest BCUT2D eigenvalue weighted by Gasteiger charge is 2.52. The quantitative estimate of drug-likeness (QED) is 0.311. The molecule has 9 atom stereocenters. The molecule has 0 aromatic rings. The highest BCUT2D eigenvalue weighted by atomic mass is 16.6. The monoisotopic (exact) mass is 553 g/mol. The number of esters is 1. The molecule has 2 aliphatic heterocycles. The molecule has 9 nitrogen and oxygen atoms in total. The van der Waals surface area contributed by atoms with Crippen molar-refractivity contribution in [3.05, 3.63) is 0 Å². The van der Waals surface area contributed by atoms with Gasteiger partial charge in [-0.2, -0.15) is 0 Å². The Morgan fingerprint density at radius 3 is 2.44 bits per heavy atom. The number of aliphatic hydroxyl groups is 2. The van der Waals surface area contributed by atoms with E-state index < -0.39 is 41.5 Å². The Morgan fingerprint density at radius 2 is 1.79 bits per heavy atom. The number of piperidine rings is 1. The van der Waals surface area contributed by atoms with Gasteiger partial charge in [0.05, 0.1) is 18.3 Å². The molecule has 39 heavy (non-hydrogen) atoms. The van der Waals surface area contributed by atoms with Gasteiger partial charge in [-0.05, 0) is 82.0 Å². The van der Waals surface area contributed by atoms with Crippen LogP contribution in [0, 0.1) is 23.7 Å². The number of ketones is 1. The molecular formula is C30H51NO8. The molecule has 9 heteroatoms. The van der Waals surface area contributed by atoms with Crippen LogP contribution >= 0.6 is 0 Å². The molecule has 0 aromatic carbocycles. The summed E-state index contributed by atoms with van der Waals surface area (Å²) in [5.74, 6) is -4.55. The minimum absolute atomic E-state index is 0.0638. The van der Waals surface area contributed by atoms with Gasteiger partial charge in [0.25, 0.3) is 11.7 Å². The van der Waals surface area contributed by atoms with Crippen LogP contribution in [0.3, 0.4) is 0 Å². The molecule has 1 aliphatic carbocycles. The Balaban J connectivity index is 1.69. The number of ether oxygens (including phenoxy) is 3. The molecule has 3 fully saturated rings. The number of carbonyl (C=O) groups excluding carboxylic acids is 3. The first-order chi connectivity index (χ1) is 18.4. The van der Waals surface area contributed by atoms with E-state index in [2.05, 4.69) is 6.92 Å². The number of aliphatic hydroxyl groups excluding tert-OH is 1. The fourth-order valence-electron chi connectivity index (χ4n) is 6.77. The number of rotatable bonds is 10. The van der Waals surface area contributed by atoms with Gasteiger partial charge in [0.1, 0.15) is 12.1 Å². The number of nitrogens with zero attached hydrogens (tertiary/aromatic N) is 1. The topological polar surface area (TPSA) is 123 Å². The van der Waals surface area contributed by atoms with Gasteiger partial charge in [-0.1, -0.05) is 34.6 Å². The maximum absolute atomic E-state index is 13.5. The van der Waals surface area contributed by atoms with Gasteiger partial charge in [-0.25, -0.2) is 4.79 Å². The molecule has 1 amide bonds.